The van der Waals surface area contributed by atoms with Crippen LogP contribution in [0.1, 0.15) is 78.1 Å². The third-order valence-electron chi connectivity index (χ3n) is 3.07. The number of unbranched alkanes of at least 4 members (excludes halogenated alkanes) is 6. The highest BCUT2D eigenvalue weighted by Gasteiger charge is 1.94. The number of hydrogen-bond donors (Lipinski definition) is 1. The first-order valence-electron chi connectivity index (χ1n) is 7.75. The Balaban J connectivity index is 3.16. The fourth-order valence-corrected chi connectivity index (χ4v) is 1.88. The van der Waals surface area contributed by atoms with E-state index in [1.165, 1.54) is 51.4 Å². The summed E-state index contributed by atoms with van der Waals surface area (Å²) < 4.78 is 0. The third-order valence-corrected chi connectivity index (χ3v) is 3.07. The number of allylic oxidation sites excluding steroid dienone is 4. The topological polar surface area (TPSA) is 20.2 Å². The van der Waals surface area contributed by atoms with Crippen LogP contribution in [0.5, 0.6) is 0 Å². The average Bonchev–Trinajstić information content (AvgIpc) is 2.34. The summed E-state index contributed by atoms with van der Waals surface area (Å²) in [6.07, 6.45) is 21.1. The highest BCUT2D eigenvalue weighted by atomic mass is 16.3. The molecule has 0 radical (unpaired) electrons. The van der Waals surface area contributed by atoms with Crippen molar-refractivity contribution < 1.29 is 5.11 Å². The van der Waals surface area contributed by atoms with Crippen LogP contribution >= 0.6 is 0 Å². The van der Waals surface area contributed by atoms with E-state index in [0.717, 1.165) is 12.8 Å². The molecule has 0 aliphatic rings. The molecule has 1 heteroatoms. The molecule has 0 rings (SSSR count). The molecule has 0 unspecified atom stereocenters. The van der Waals surface area contributed by atoms with E-state index in [2.05, 4.69) is 31.2 Å². The molecule has 0 bridgehead atoms. The highest BCUT2D eigenvalue weighted by molar-refractivity contribution is 4.92. The molecule has 1 atom stereocenters. The lowest BCUT2D eigenvalue weighted by atomic mass is 10.1. The molecule has 0 heterocycles. The van der Waals surface area contributed by atoms with Gasteiger partial charge in [-0.2, -0.15) is 0 Å². The van der Waals surface area contributed by atoms with Crippen molar-refractivity contribution >= 4 is 0 Å². The normalized spacial score (nSPS) is 13.7. The summed E-state index contributed by atoms with van der Waals surface area (Å²) in [6.45, 7) is 4.10. The largest absolute Gasteiger partial charge is 0.393 e. The van der Waals surface area contributed by atoms with Crippen molar-refractivity contribution in [2.45, 2.75) is 84.2 Å². The molecular weight excluding hydrogens is 220 g/mol. The van der Waals surface area contributed by atoms with Gasteiger partial charge in [0.25, 0.3) is 0 Å². The van der Waals surface area contributed by atoms with Gasteiger partial charge < -0.3 is 5.11 Å². The molecule has 0 amide bonds. The molecule has 0 fully saturated rings. The van der Waals surface area contributed by atoms with Gasteiger partial charge in [-0.1, -0.05) is 63.3 Å². The second-order valence-corrected chi connectivity index (χ2v) is 5.16. The molecule has 0 aromatic heterocycles. The minimum Gasteiger partial charge on any atom is -0.393 e. The van der Waals surface area contributed by atoms with E-state index >= 15 is 0 Å². The lowest BCUT2D eigenvalue weighted by molar-refractivity contribution is 0.180. The van der Waals surface area contributed by atoms with Crippen LogP contribution in [0, 0.1) is 0 Å². The summed E-state index contributed by atoms with van der Waals surface area (Å²) in [5, 5.41) is 9.11. The molecule has 1 N–H and O–H groups in total. The second-order valence-electron chi connectivity index (χ2n) is 5.16. The Morgan fingerprint density at radius 3 is 2.06 bits per heavy atom. The minimum atomic E-state index is -0.121. The van der Waals surface area contributed by atoms with Gasteiger partial charge in [0.2, 0.25) is 0 Å². The Labute approximate surface area is 114 Å². The smallest absolute Gasteiger partial charge is 0.0512 e. The molecule has 0 aliphatic heterocycles. The molecule has 0 aromatic carbocycles. The molecular formula is C17H32O. The van der Waals surface area contributed by atoms with Crippen LogP contribution in [0.25, 0.3) is 0 Å². The van der Waals surface area contributed by atoms with Crippen molar-refractivity contribution in [3.8, 4) is 0 Å². The van der Waals surface area contributed by atoms with E-state index in [1.807, 2.05) is 6.92 Å². The Bertz CT molecular complexity index is 204. The molecule has 0 aromatic rings. The van der Waals surface area contributed by atoms with Crippen molar-refractivity contribution in [1.82, 2.24) is 0 Å². The van der Waals surface area contributed by atoms with Crippen molar-refractivity contribution in [2.24, 2.45) is 0 Å². The summed E-state index contributed by atoms with van der Waals surface area (Å²) in [7, 11) is 0. The average molecular weight is 252 g/mol. The Hall–Kier alpha value is -0.560. The maximum Gasteiger partial charge on any atom is 0.0512 e. The summed E-state index contributed by atoms with van der Waals surface area (Å²) in [5.41, 5.74) is 0. The lowest BCUT2D eigenvalue weighted by Crippen LogP contribution is -1.97. The van der Waals surface area contributed by atoms with Crippen LogP contribution in [0.4, 0.5) is 0 Å². The van der Waals surface area contributed by atoms with Crippen LogP contribution in [0.2, 0.25) is 0 Å². The van der Waals surface area contributed by atoms with E-state index in [9.17, 15) is 0 Å². The van der Waals surface area contributed by atoms with Crippen molar-refractivity contribution in [3.63, 3.8) is 0 Å². The summed E-state index contributed by atoms with van der Waals surface area (Å²) in [6, 6.07) is 0. The predicted octanol–water partition coefficient (Wildman–Crippen LogP) is 5.40. The van der Waals surface area contributed by atoms with Gasteiger partial charge >= 0.3 is 0 Å². The molecule has 0 saturated heterocycles. The van der Waals surface area contributed by atoms with Gasteiger partial charge in [-0.15, -0.1) is 0 Å². The first-order chi connectivity index (χ1) is 8.77. The molecule has 18 heavy (non-hydrogen) atoms. The molecule has 0 spiro atoms. The number of aliphatic hydroxyl groups is 1. The summed E-state index contributed by atoms with van der Waals surface area (Å²) in [5.74, 6) is 0. The fourth-order valence-electron chi connectivity index (χ4n) is 1.88. The summed E-state index contributed by atoms with van der Waals surface area (Å²) >= 11 is 0. The zero-order valence-corrected chi connectivity index (χ0v) is 12.4. The molecule has 0 aliphatic carbocycles. The van der Waals surface area contributed by atoms with E-state index in [4.69, 9.17) is 5.11 Å². The monoisotopic (exact) mass is 252 g/mol. The van der Waals surface area contributed by atoms with Crippen molar-refractivity contribution in [3.05, 3.63) is 24.3 Å². The van der Waals surface area contributed by atoms with Gasteiger partial charge in [0.1, 0.15) is 0 Å². The van der Waals surface area contributed by atoms with E-state index in [1.54, 1.807) is 0 Å². The fraction of sp³-hybridized carbons (Fsp3) is 0.765. The van der Waals surface area contributed by atoms with Gasteiger partial charge in [0, 0.05) is 0 Å². The predicted molar refractivity (Wildman–Crippen MR) is 81.8 cm³/mol. The Morgan fingerprint density at radius 2 is 1.44 bits per heavy atom. The SMILES string of the molecule is CCCC/C=C\C/C=C\CCCCCC[C@@H](C)O. The zero-order chi connectivity index (χ0) is 13.5. The second kappa shape index (κ2) is 14.5. The Kier molecular flexibility index (Phi) is 14.0. The zero-order valence-electron chi connectivity index (χ0n) is 12.4. The number of hydrogen-bond acceptors (Lipinski definition) is 1. The van der Waals surface area contributed by atoms with Crippen LogP contribution < -0.4 is 0 Å². The standard InChI is InChI=1S/C17H32O/c1-3-4-5-6-7-8-9-10-11-12-13-14-15-16-17(2)18/h6-7,9-10,17-18H,3-5,8,11-16H2,1-2H3/b7-6-,10-9-/t17-/m1/s1. The van der Waals surface area contributed by atoms with Crippen LogP contribution in [-0.4, -0.2) is 11.2 Å². The van der Waals surface area contributed by atoms with Gasteiger partial charge in [0.05, 0.1) is 6.10 Å². The van der Waals surface area contributed by atoms with Crippen LogP contribution in [-0.2, 0) is 0 Å². The van der Waals surface area contributed by atoms with Gasteiger partial charge in [0.15, 0.2) is 0 Å². The number of aliphatic hydroxyl groups excluding tert-OH is 1. The maximum atomic E-state index is 9.11. The molecule has 106 valence electrons. The molecule has 0 saturated carbocycles. The van der Waals surface area contributed by atoms with E-state index in [0.29, 0.717) is 0 Å². The summed E-state index contributed by atoms with van der Waals surface area (Å²) in [4.78, 5) is 0. The first kappa shape index (κ1) is 17.4. The Morgan fingerprint density at radius 1 is 0.833 bits per heavy atom. The minimum absolute atomic E-state index is 0.121. The third kappa shape index (κ3) is 15.4. The highest BCUT2D eigenvalue weighted by Crippen LogP contribution is 2.07. The van der Waals surface area contributed by atoms with Gasteiger partial charge in [-0.3, -0.25) is 0 Å². The van der Waals surface area contributed by atoms with Crippen molar-refractivity contribution in [1.29, 1.82) is 0 Å². The van der Waals surface area contributed by atoms with Crippen LogP contribution in [0.15, 0.2) is 24.3 Å². The van der Waals surface area contributed by atoms with E-state index in [-0.39, 0.29) is 6.10 Å². The first-order valence-corrected chi connectivity index (χ1v) is 7.75. The van der Waals surface area contributed by atoms with Crippen LogP contribution in [0.3, 0.4) is 0 Å². The number of rotatable bonds is 12. The van der Waals surface area contributed by atoms with Crippen molar-refractivity contribution in [2.75, 3.05) is 0 Å². The lowest BCUT2D eigenvalue weighted by Gasteiger charge is -2.02. The van der Waals surface area contributed by atoms with Gasteiger partial charge in [-0.05, 0) is 39.0 Å². The maximum absolute atomic E-state index is 9.11. The quantitative estimate of drug-likeness (QED) is 0.364. The van der Waals surface area contributed by atoms with E-state index < -0.39 is 0 Å². The van der Waals surface area contributed by atoms with Gasteiger partial charge in [-0.25, -0.2) is 0 Å². The molecule has 1 nitrogen and oxygen atoms in total.